The van der Waals surface area contributed by atoms with Crippen LogP contribution in [0.15, 0.2) is 67.3 Å². The standard InChI is InChI=1S/C34H35N9O3.CH3.Cs/c1-21-6-7-25-14-24(8-9-30(25)43(21)22(2)44)23-4-3-5-26(15-23)33(45)36-18-28-19-42-20-29(27-16-37-34(35)38-17-27)40-32(31(42)39-28)41-10-12-46-13-11-41;;/h3-5,8-9,14-17,19-21H,6-7,10-13,18H2,1-2H3,(H,36,45)(H2,35,37,38);1H3;/q;-1;+1/t21-;;/m0../s1. The molecule has 0 bridgehead atoms. The van der Waals surface area contributed by atoms with Gasteiger partial charge < -0.3 is 37.4 Å². The van der Waals surface area contributed by atoms with Gasteiger partial charge in [-0.2, -0.15) is 0 Å². The minimum absolute atomic E-state index is 0. The molecule has 0 aliphatic carbocycles. The third-order valence-electron chi connectivity index (χ3n) is 8.59. The molecule has 1 fully saturated rings. The van der Waals surface area contributed by atoms with Gasteiger partial charge in [-0.3, -0.25) is 9.59 Å². The van der Waals surface area contributed by atoms with E-state index in [9.17, 15) is 9.59 Å². The number of aryl methyl sites for hydroxylation is 1. The van der Waals surface area contributed by atoms with Crippen molar-refractivity contribution in [3.05, 3.63) is 91.5 Å². The molecular weight excluding hydrogens is 727 g/mol. The molecule has 0 radical (unpaired) electrons. The number of fused-ring (bicyclic) bond motifs is 2. The van der Waals surface area contributed by atoms with Crippen LogP contribution < -0.4 is 89.7 Å². The van der Waals surface area contributed by atoms with Crippen molar-refractivity contribution in [3.63, 3.8) is 0 Å². The molecule has 2 amide bonds. The first-order valence-electron chi connectivity index (χ1n) is 15.4. The molecule has 5 heterocycles. The van der Waals surface area contributed by atoms with Gasteiger partial charge in [-0.15, -0.1) is 0 Å². The number of imidazole rings is 1. The van der Waals surface area contributed by atoms with Crippen LogP contribution in [0.25, 0.3) is 28.0 Å². The molecule has 3 N–H and O–H groups in total. The molecule has 2 aliphatic rings. The number of aromatic nitrogens is 5. The number of carbonyl (C=O) groups is 2. The normalized spacial score (nSPS) is 15.7. The number of nitrogens with zero attached hydrogens (tertiary/aromatic N) is 7. The van der Waals surface area contributed by atoms with Crippen LogP contribution in [-0.2, 0) is 22.5 Å². The average Bonchev–Trinajstić information content (AvgIpc) is 3.50. The van der Waals surface area contributed by atoms with Crippen molar-refractivity contribution in [2.24, 2.45) is 0 Å². The van der Waals surface area contributed by atoms with Crippen molar-refractivity contribution >= 4 is 34.9 Å². The van der Waals surface area contributed by atoms with Crippen molar-refractivity contribution in [2.75, 3.05) is 41.8 Å². The maximum absolute atomic E-state index is 13.3. The summed E-state index contributed by atoms with van der Waals surface area (Å²) in [6.07, 6.45) is 8.91. The topological polar surface area (TPSA) is 144 Å². The number of benzene rings is 2. The van der Waals surface area contributed by atoms with Gasteiger partial charge in [-0.1, -0.05) is 18.2 Å². The fraction of sp³-hybridized carbons (Fsp3) is 0.286. The number of carbonyl (C=O) groups excluding carboxylic acids is 2. The first-order valence-corrected chi connectivity index (χ1v) is 15.4. The van der Waals surface area contributed by atoms with Gasteiger partial charge in [-0.05, 0) is 60.7 Å². The molecule has 7 rings (SSSR count). The number of amides is 2. The van der Waals surface area contributed by atoms with Gasteiger partial charge in [0.15, 0.2) is 11.5 Å². The summed E-state index contributed by atoms with van der Waals surface area (Å²) >= 11 is 0. The summed E-state index contributed by atoms with van der Waals surface area (Å²) in [6, 6.07) is 13.9. The number of hydrogen-bond acceptors (Lipinski definition) is 9. The number of nitrogens with two attached hydrogens (primary N) is 1. The minimum atomic E-state index is -0.195. The Kier molecular flexibility index (Phi) is 11.6. The van der Waals surface area contributed by atoms with Crippen molar-refractivity contribution in [1.29, 1.82) is 0 Å². The Morgan fingerprint density at radius 1 is 1.00 bits per heavy atom. The molecule has 2 aliphatic heterocycles. The summed E-state index contributed by atoms with van der Waals surface area (Å²) in [5, 5.41) is 3.03. The van der Waals surface area contributed by atoms with Gasteiger partial charge in [0.25, 0.3) is 5.91 Å². The monoisotopic (exact) mass is 765 g/mol. The van der Waals surface area contributed by atoms with E-state index in [1.165, 1.54) is 0 Å². The SMILES string of the molecule is CC(=O)N1c2ccc(-c3cccc(C(=O)NCc4cn5cc(-c6cnc(N)nc6)nc(N6CCOCC6)c5n4)c3)cc2CC[C@@H]1C.[CH3-].[Cs+]. The minimum Gasteiger partial charge on any atom is -0.378 e. The number of morpholine rings is 1. The van der Waals surface area contributed by atoms with E-state index >= 15 is 0 Å². The molecule has 12 nitrogen and oxygen atoms in total. The molecule has 242 valence electrons. The first kappa shape index (κ1) is 36.0. The van der Waals surface area contributed by atoms with Gasteiger partial charge in [-0.25, -0.2) is 19.9 Å². The number of nitrogen functional groups attached to an aromatic ring is 1. The largest absolute Gasteiger partial charge is 1.00 e. The third-order valence-corrected chi connectivity index (χ3v) is 8.59. The maximum Gasteiger partial charge on any atom is 1.00 e. The van der Waals surface area contributed by atoms with Gasteiger partial charge in [0.05, 0.1) is 31.1 Å². The van der Waals surface area contributed by atoms with E-state index in [1.807, 2.05) is 58.1 Å². The zero-order valence-corrected chi connectivity index (χ0v) is 34.1. The number of hydrogen-bond donors (Lipinski definition) is 2. The fourth-order valence-electron chi connectivity index (χ4n) is 6.24. The summed E-state index contributed by atoms with van der Waals surface area (Å²) in [5.74, 6) is 0.784. The number of nitrogens with one attached hydrogen (secondary N) is 1. The second kappa shape index (κ2) is 15.5. The Hall–Kier alpha value is -3.31. The van der Waals surface area contributed by atoms with Crippen molar-refractivity contribution in [2.45, 2.75) is 39.3 Å². The Morgan fingerprint density at radius 3 is 2.50 bits per heavy atom. The Balaban J connectivity index is 0.00000225. The van der Waals surface area contributed by atoms with Gasteiger partial charge in [0.1, 0.15) is 0 Å². The summed E-state index contributed by atoms with van der Waals surface area (Å²) in [4.78, 5) is 47.7. The molecular formula is C35H38CsN9O3. The van der Waals surface area contributed by atoms with Gasteiger partial charge >= 0.3 is 68.9 Å². The summed E-state index contributed by atoms with van der Waals surface area (Å²) in [7, 11) is 0. The van der Waals surface area contributed by atoms with Crippen molar-refractivity contribution < 1.29 is 83.2 Å². The van der Waals surface area contributed by atoms with Crippen LogP contribution >= 0.6 is 0 Å². The second-order valence-electron chi connectivity index (χ2n) is 11.7. The van der Waals surface area contributed by atoms with E-state index in [-0.39, 0.29) is 107 Å². The van der Waals surface area contributed by atoms with Crippen molar-refractivity contribution in [3.8, 4) is 22.4 Å². The molecule has 1 atom stereocenters. The van der Waals surface area contributed by atoms with E-state index in [0.29, 0.717) is 48.9 Å². The molecule has 5 aromatic rings. The van der Waals surface area contributed by atoms with Crippen LogP contribution in [0.1, 0.15) is 41.9 Å². The summed E-state index contributed by atoms with van der Waals surface area (Å²) in [5.41, 5.74) is 13.1. The summed E-state index contributed by atoms with van der Waals surface area (Å²) in [6.45, 7) is 6.53. The Bertz CT molecular complexity index is 1940. The number of anilines is 3. The van der Waals surface area contributed by atoms with Crippen molar-refractivity contribution in [1.82, 2.24) is 29.7 Å². The average molecular weight is 766 g/mol. The first-order chi connectivity index (χ1) is 22.3. The molecule has 0 saturated carbocycles. The maximum atomic E-state index is 13.3. The molecule has 0 unspecified atom stereocenters. The second-order valence-corrected chi connectivity index (χ2v) is 11.7. The van der Waals surface area contributed by atoms with Crippen LogP contribution in [0.4, 0.5) is 17.5 Å². The van der Waals surface area contributed by atoms with Crippen LogP contribution in [0.3, 0.4) is 0 Å². The zero-order chi connectivity index (χ0) is 31.8. The van der Waals surface area contributed by atoms with Crippen LogP contribution in [0.5, 0.6) is 0 Å². The van der Waals surface area contributed by atoms with Crippen LogP contribution in [-0.4, -0.2) is 68.5 Å². The Morgan fingerprint density at radius 2 is 1.75 bits per heavy atom. The van der Waals surface area contributed by atoms with E-state index in [2.05, 4.69) is 33.2 Å². The van der Waals surface area contributed by atoms with Gasteiger partial charge in [0, 0.05) is 67.7 Å². The molecule has 48 heavy (non-hydrogen) atoms. The predicted molar refractivity (Wildman–Crippen MR) is 182 cm³/mol. The van der Waals surface area contributed by atoms with E-state index in [4.69, 9.17) is 20.4 Å². The molecule has 13 heteroatoms. The smallest absolute Gasteiger partial charge is 0.378 e. The quantitative estimate of drug-likeness (QED) is 0.245. The predicted octanol–water partition coefficient (Wildman–Crippen LogP) is 1.34. The molecule has 0 spiro atoms. The molecule has 3 aromatic heterocycles. The van der Waals surface area contributed by atoms with E-state index in [0.717, 1.165) is 46.6 Å². The van der Waals surface area contributed by atoms with E-state index < -0.39 is 0 Å². The third kappa shape index (κ3) is 7.47. The molecule has 2 aromatic carbocycles. The van der Waals surface area contributed by atoms with Gasteiger partial charge in [0.2, 0.25) is 11.9 Å². The van der Waals surface area contributed by atoms with Crippen LogP contribution in [0, 0.1) is 7.43 Å². The number of rotatable bonds is 6. The number of ether oxygens (including phenoxy) is 1. The molecule has 1 saturated heterocycles. The summed E-state index contributed by atoms with van der Waals surface area (Å²) < 4.78 is 7.49. The van der Waals surface area contributed by atoms with E-state index in [1.54, 1.807) is 19.3 Å². The Labute approximate surface area is 338 Å². The van der Waals surface area contributed by atoms with Crippen LogP contribution in [0.2, 0.25) is 0 Å². The fourth-order valence-corrected chi connectivity index (χ4v) is 6.24. The zero-order valence-electron chi connectivity index (χ0n) is 27.8.